The first-order valence-corrected chi connectivity index (χ1v) is 11.1. The van der Waals surface area contributed by atoms with Crippen LogP contribution in [0, 0.1) is 0 Å². The quantitative estimate of drug-likeness (QED) is 0.290. The molecule has 0 amide bonds. The fourth-order valence-corrected chi connectivity index (χ4v) is 3.91. The fourth-order valence-electron chi connectivity index (χ4n) is 2.82. The van der Waals surface area contributed by atoms with Gasteiger partial charge in [0, 0.05) is 17.5 Å². The number of carbonyl (C=O) groups excluding carboxylic acids is 1. The van der Waals surface area contributed by atoms with Gasteiger partial charge in [-0.25, -0.2) is 8.42 Å². The highest BCUT2D eigenvalue weighted by Crippen LogP contribution is 2.35. The molecule has 0 radical (unpaired) electrons. The Labute approximate surface area is 191 Å². The molecule has 0 saturated carbocycles. The van der Waals surface area contributed by atoms with Gasteiger partial charge < -0.3 is 28.8 Å². The van der Waals surface area contributed by atoms with Gasteiger partial charge in [0.25, 0.3) is 0 Å². The molecule has 0 atom stereocenters. The van der Waals surface area contributed by atoms with E-state index in [0.29, 0.717) is 28.4 Å². The first-order valence-electron chi connectivity index (χ1n) is 9.42. The molecule has 10 nitrogen and oxygen atoms in total. The molecule has 0 aliphatic carbocycles. The normalized spacial score (nSPS) is 11.2. The van der Waals surface area contributed by atoms with Crippen molar-refractivity contribution in [1.82, 2.24) is 0 Å². The van der Waals surface area contributed by atoms with E-state index < -0.39 is 33.9 Å². The topological polar surface area (TPSA) is 135 Å². The lowest BCUT2D eigenvalue weighted by Crippen LogP contribution is -2.14. The molecule has 0 aliphatic heterocycles. The lowest BCUT2D eigenvalue weighted by molar-refractivity contribution is -0.145. The second kappa shape index (κ2) is 11.2. The average molecular weight is 480 g/mol. The summed E-state index contributed by atoms with van der Waals surface area (Å²) in [4.78, 5) is 22.4. The summed E-state index contributed by atoms with van der Waals surface area (Å²) in [7, 11) is 1.90. The standard InChI is InChI=1S/C22H24O10S/c1-28-15-10-18(30-3)16(19(11-15)31-4)7-8-33(26,27)13-14-5-6-17(29-2)20(9-14)32-22(25)12-21(23)24/h5-11H,12-13H2,1-4H3,(H,23,24). The van der Waals surface area contributed by atoms with Crippen molar-refractivity contribution in [2.45, 2.75) is 12.2 Å². The average Bonchev–Trinajstić information content (AvgIpc) is 2.76. The lowest BCUT2D eigenvalue weighted by atomic mass is 10.1. The van der Waals surface area contributed by atoms with Crippen molar-refractivity contribution in [3.05, 3.63) is 46.9 Å². The lowest BCUT2D eigenvalue weighted by Gasteiger charge is -2.12. The number of esters is 1. The van der Waals surface area contributed by atoms with Crippen molar-refractivity contribution in [2.24, 2.45) is 0 Å². The number of carboxylic acids is 1. The zero-order valence-electron chi connectivity index (χ0n) is 18.5. The third kappa shape index (κ3) is 7.14. The highest BCUT2D eigenvalue weighted by molar-refractivity contribution is 7.93. The predicted octanol–water partition coefficient (Wildman–Crippen LogP) is 2.69. The minimum absolute atomic E-state index is 0.0843. The van der Waals surface area contributed by atoms with Crippen LogP contribution in [0.3, 0.4) is 0 Å². The van der Waals surface area contributed by atoms with Crippen LogP contribution in [0.25, 0.3) is 6.08 Å². The Morgan fingerprint density at radius 2 is 1.48 bits per heavy atom. The van der Waals surface area contributed by atoms with Crippen molar-refractivity contribution in [1.29, 1.82) is 0 Å². The third-order valence-corrected chi connectivity index (χ3v) is 5.60. The van der Waals surface area contributed by atoms with Crippen molar-refractivity contribution in [3.63, 3.8) is 0 Å². The maximum absolute atomic E-state index is 12.7. The molecule has 0 aromatic heterocycles. The van der Waals surface area contributed by atoms with Crippen LogP contribution in [0.5, 0.6) is 28.7 Å². The summed E-state index contributed by atoms with van der Waals surface area (Å²) >= 11 is 0. The molecule has 1 N–H and O–H groups in total. The Hall–Kier alpha value is -3.73. The minimum Gasteiger partial charge on any atom is -0.496 e. The number of benzene rings is 2. The van der Waals surface area contributed by atoms with Crippen LogP contribution in [0.15, 0.2) is 35.7 Å². The summed E-state index contributed by atoms with van der Waals surface area (Å²) in [6.07, 6.45) is 0.504. The highest BCUT2D eigenvalue weighted by Gasteiger charge is 2.17. The second-order valence-electron chi connectivity index (χ2n) is 6.59. The molecule has 0 spiro atoms. The number of hydrogen-bond acceptors (Lipinski definition) is 9. The molecule has 0 bridgehead atoms. The van der Waals surface area contributed by atoms with Crippen LogP contribution in [0.1, 0.15) is 17.5 Å². The Morgan fingerprint density at radius 1 is 0.879 bits per heavy atom. The van der Waals surface area contributed by atoms with Gasteiger partial charge in [0.15, 0.2) is 21.3 Å². The molecule has 0 fully saturated rings. The van der Waals surface area contributed by atoms with Crippen LogP contribution >= 0.6 is 0 Å². The van der Waals surface area contributed by atoms with Crippen LogP contribution in [0.2, 0.25) is 0 Å². The van der Waals surface area contributed by atoms with Crippen LogP contribution in [-0.2, 0) is 25.2 Å². The molecule has 2 rings (SSSR count). The minimum atomic E-state index is -3.78. The summed E-state index contributed by atoms with van der Waals surface area (Å²) in [5.41, 5.74) is 0.703. The molecule has 2 aromatic rings. The maximum Gasteiger partial charge on any atom is 0.322 e. The van der Waals surface area contributed by atoms with Gasteiger partial charge in [0.05, 0.1) is 39.8 Å². The monoisotopic (exact) mass is 480 g/mol. The van der Waals surface area contributed by atoms with E-state index in [0.717, 1.165) is 5.41 Å². The first kappa shape index (κ1) is 25.5. The summed E-state index contributed by atoms with van der Waals surface area (Å²) in [5, 5.41) is 9.72. The number of carboxylic acid groups (broad SMARTS) is 1. The number of ether oxygens (including phenoxy) is 5. The predicted molar refractivity (Wildman–Crippen MR) is 119 cm³/mol. The number of carbonyl (C=O) groups is 2. The SMILES string of the molecule is COc1cc(OC)c(C=CS(=O)(=O)Cc2ccc(OC)c(OC(=O)CC(=O)O)c2)c(OC)c1. The molecule has 0 saturated heterocycles. The van der Waals surface area contributed by atoms with E-state index in [2.05, 4.69) is 0 Å². The third-order valence-electron chi connectivity index (χ3n) is 4.31. The van der Waals surface area contributed by atoms with E-state index in [9.17, 15) is 18.0 Å². The summed E-state index contributed by atoms with van der Waals surface area (Å²) in [6.45, 7) is 0. The zero-order valence-corrected chi connectivity index (χ0v) is 19.3. The second-order valence-corrected chi connectivity index (χ2v) is 8.47. The smallest absolute Gasteiger partial charge is 0.322 e. The van der Waals surface area contributed by atoms with Gasteiger partial charge in [0.2, 0.25) is 0 Å². The zero-order chi connectivity index (χ0) is 24.6. The molecule has 2 aromatic carbocycles. The van der Waals surface area contributed by atoms with Gasteiger partial charge in [-0.1, -0.05) is 6.07 Å². The van der Waals surface area contributed by atoms with E-state index >= 15 is 0 Å². The molecule has 0 aliphatic rings. The molecule has 178 valence electrons. The van der Waals surface area contributed by atoms with Gasteiger partial charge in [-0.15, -0.1) is 0 Å². The van der Waals surface area contributed by atoms with Crippen LogP contribution < -0.4 is 23.7 Å². The maximum atomic E-state index is 12.7. The van der Waals surface area contributed by atoms with Crippen molar-refractivity contribution in [3.8, 4) is 28.7 Å². The van der Waals surface area contributed by atoms with Crippen molar-refractivity contribution < 1.29 is 46.8 Å². The van der Waals surface area contributed by atoms with E-state index in [1.165, 1.54) is 52.7 Å². The van der Waals surface area contributed by atoms with Crippen LogP contribution in [-0.4, -0.2) is 53.9 Å². The van der Waals surface area contributed by atoms with Crippen molar-refractivity contribution in [2.75, 3.05) is 28.4 Å². The highest BCUT2D eigenvalue weighted by atomic mass is 32.2. The summed E-state index contributed by atoms with van der Waals surface area (Å²) < 4.78 is 51.3. The molecule has 0 unspecified atom stereocenters. The molecule has 11 heteroatoms. The van der Waals surface area contributed by atoms with Gasteiger partial charge >= 0.3 is 11.9 Å². The molecule has 33 heavy (non-hydrogen) atoms. The summed E-state index contributed by atoms with van der Waals surface area (Å²) in [6, 6.07) is 7.41. The largest absolute Gasteiger partial charge is 0.496 e. The van der Waals surface area contributed by atoms with Gasteiger partial charge in [-0.05, 0) is 23.8 Å². The van der Waals surface area contributed by atoms with Crippen LogP contribution in [0.4, 0.5) is 0 Å². The Kier molecular flexibility index (Phi) is 8.69. The fraction of sp³-hybridized carbons (Fsp3) is 0.273. The number of rotatable bonds is 11. The Balaban J connectivity index is 2.31. The van der Waals surface area contributed by atoms with E-state index in [1.807, 2.05) is 0 Å². The van der Waals surface area contributed by atoms with E-state index in [-0.39, 0.29) is 11.5 Å². The number of hydrogen-bond donors (Lipinski definition) is 1. The number of aliphatic carboxylic acids is 1. The van der Waals surface area contributed by atoms with Gasteiger partial charge in [-0.2, -0.15) is 0 Å². The summed E-state index contributed by atoms with van der Waals surface area (Å²) in [5.74, 6) is -1.53. The van der Waals surface area contributed by atoms with Crippen molar-refractivity contribution >= 4 is 27.9 Å². The molecule has 0 heterocycles. The number of sulfone groups is 1. The Morgan fingerprint density at radius 3 is 2.00 bits per heavy atom. The number of methoxy groups -OCH3 is 4. The van der Waals surface area contributed by atoms with E-state index in [1.54, 1.807) is 12.1 Å². The van der Waals surface area contributed by atoms with Gasteiger partial charge in [0.1, 0.15) is 23.7 Å². The first-order chi connectivity index (χ1) is 15.6. The molecular formula is C22H24O10S. The van der Waals surface area contributed by atoms with E-state index in [4.69, 9.17) is 28.8 Å². The Bertz CT molecular complexity index is 1130. The molecular weight excluding hydrogens is 456 g/mol. The van der Waals surface area contributed by atoms with Gasteiger partial charge in [-0.3, -0.25) is 9.59 Å².